The van der Waals surface area contributed by atoms with Crippen molar-refractivity contribution < 1.29 is 36.3 Å². The quantitative estimate of drug-likeness (QED) is 0.0379. The van der Waals surface area contributed by atoms with Crippen LogP contribution in [0.3, 0.4) is 0 Å². The van der Waals surface area contributed by atoms with E-state index in [1.807, 2.05) is 27.7 Å². The van der Waals surface area contributed by atoms with E-state index < -0.39 is 26.0 Å². The predicted molar refractivity (Wildman–Crippen MR) is 323 cm³/mol. The SMILES string of the molecule is Cc1[nH]nc(C(=O)Nc2cnc(Cl)nc2)c1C.Cc1[nH]nc(C(=O)Nc2cnc(Nc3cccc(NS(=O)(=O)c4ccccc4)c3)nc2)c1C.Cc1[nH]nc(C(=O)O)c1C.Nc1cccc(NS(=O)(=O)c2ccccc2)c1.Nc1cnc(Cl)nc1. The van der Waals surface area contributed by atoms with Gasteiger partial charge in [-0.2, -0.15) is 15.3 Å². The van der Waals surface area contributed by atoms with E-state index in [1.165, 1.54) is 61.4 Å². The summed E-state index contributed by atoms with van der Waals surface area (Å²) in [6.45, 7) is 10.8. The Labute approximate surface area is 497 Å². The smallest absolute Gasteiger partial charge is 0.356 e. The number of carbonyl (C=O) groups is 3. The van der Waals surface area contributed by atoms with Crippen molar-refractivity contribution in [3.63, 3.8) is 0 Å². The van der Waals surface area contributed by atoms with Crippen molar-refractivity contribution in [1.82, 2.24) is 60.5 Å². The predicted octanol–water partition coefficient (Wildman–Crippen LogP) is 8.84. The number of halogens is 2. The number of anilines is 8. The Balaban J connectivity index is 0.000000188. The maximum atomic E-state index is 12.5. The molecule has 85 heavy (non-hydrogen) atoms. The first-order chi connectivity index (χ1) is 40.4. The highest BCUT2D eigenvalue weighted by Crippen LogP contribution is 2.23. The first-order valence-electron chi connectivity index (χ1n) is 24.7. The maximum Gasteiger partial charge on any atom is 0.356 e. The van der Waals surface area contributed by atoms with Crippen molar-refractivity contribution in [1.29, 1.82) is 0 Å². The van der Waals surface area contributed by atoms with Crippen LogP contribution in [-0.4, -0.2) is 100 Å². The van der Waals surface area contributed by atoms with Crippen LogP contribution in [0.2, 0.25) is 10.6 Å². The van der Waals surface area contributed by atoms with Gasteiger partial charge in [-0.05, 0) is 125 Å². The number of hydrogen-bond donors (Lipinski definition) is 11. The number of rotatable bonds is 13. The molecule has 10 aromatic rings. The van der Waals surface area contributed by atoms with Crippen molar-refractivity contribution in [3.8, 4) is 0 Å². The molecular weight excluding hydrogens is 1180 g/mol. The summed E-state index contributed by atoms with van der Waals surface area (Å²) >= 11 is 10.9. The number of carboxylic acids is 1. The molecule has 0 unspecified atom stereocenters. The van der Waals surface area contributed by atoms with Crippen LogP contribution in [0.5, 0.6) is 0 Å². The summed E-state index contributed by atoms with van der Waals surface area (Å²) in [7, 11) is -7.24. The number of hydrogen-bond acceptors (Lipinski definition) is 19. The summed E-state index contributed by atoms with van der Waals surface area (Å²) in [5, 5.41) is 36.8. The summed E-state index contributed by atoms with van der Waals surface area (Å²) in [5.41, 5.74) is 19.7. The van der Waals surface area contributed by atoms with Gasteiger partial charge in [-0.15, -0.1) is 0 Å². The Morgan fingerprint density at radius 1 is 0.459 bits per heavy atom. The Bertz CT molecular complexity index is 4080. The van der Waals surface area contributed by atoms with Gasteiger partial charge in [0.1, 0.15) is 0 Å². The lowest BCUT2D eigenvalue weighted by Gasteiger charge is -2.10. The number of nitrogens with two attached hydrogens (primary N) is 2. The molecule has 4 aromatic carbocycles. The standard InChI is InChI=1S/C22H21N7O3S.C12H12N2O2S.C10H10ClN5O.C6H8N2O2.C4H4ClN3/c1-14-15(2)27-28-20(14)21(30)25-18-12-23-22(24-13-18)26-16-7-6-8-17(11-16)29-33(31,32)19-9-4-3-5-10-19;13-10-5-4-6-11(9-10)14-17(15,16)12-7-2-1-3-8-12;1-5-6(2)15-16-8(5)9(17)14-7-3-12-10(11)13-4-7;1-3-4(2)7-8-5(3)6(9)10;5-4-7-1-3(6)2-8-4/h3-13,29H,1-2H3,(H,25,30)(H,27,28)(H,23,24,26);1-9,14H,13H2;3-4H,1-2H3,(H,14,17)(H,15,16);1-2H3,(H,7,8)(H,9,10);1-2H,6H2. The highest BCUT2D eigenvalue weighted by Gasteiger charge is 2.18. The van der Waals surface area contributed by atoms with Crippen LogP contribution in [0.4, 0.5) is 45.8 Å². The van der Waals surface area contributed by atoms with Crippen molar-refractivity contribution in [3.05, 3.63) is 208 Å². The second-order valence-corrected chi connectivity index (χ2v) is 21.7. The number of carbonyl (C=O) groups excluding carboxylic acids is 2. The molecule has 0 fully saturated rings. The number of nitrogens with zero attached hydrogens (tertiary/aromatic N) is 9. The number of carboxylic acid groups (broad SMARTS) is 1. The first kappa shape index (κ1) is 63.8. The summed E-state index contributed by atoms with van der Waals surface area (Å²) < 4.78 is 54.0. The topological polar surface area (TPSA) is 415 Å². The molecule has 0 saturated heterocycles. The molecule has 0 aliphatic rings. The summed E-state index contributed by atoms with van der Waals surface area (Å²) in [6, 6.07) is 29.6. The number of benzene rings is 4. The number of aryl methyl sites for hydroxylation is 3. The number of aromatic amines is 3. The zero-order valence-electron chi connectivity index (χ0n) is 45.9. The Morgan fingerprint density at radius 3 is 1.21 bits per heavy atom. The van der Waals surface area contributed by atoms with Crippen LogP contribution in [0.25, 0.3) is 0 Å². The molecule has 0 aliphatic carbocycles. The average molecular weight is 1230 g/mol. The van der Waals surface area contributed by atoms with E-state index >= 15 is 0 Å². The molecule has 6 heterocycles. The van der Waals surface area contributed by atoms with E-state index in [-0.39, 0.29) is 43.8 Å². The molecule has 27 nitrogen and oxygen atoms in total. The highest BCUT2D eigenvalue weighted by molar-refractivity contribution is 7.93. The molecule has 0 spiro atoms. The van der Waals surface area contributed by atoms with Gasteiger partial charge in [-0.3, -0.25) is 34.3 Å². The van der Waals surface area contributed by atoms with Crippen LogP contribution < -0.4 is 36.9 Å². The molecule has 6 aromatic heterocycles. The molecule has 0 saturated carbocycles. The largest absolute Gasteiger partial charge is 0.476 e. The van der Waals surface area contributed by atoms with Crippen LogP contribution in [0.1, 0.15) is 65.2 Å². The van der Waals surface area contributed by atoms with E-state index in [4.69, 9.17) is 39.8 Å². The third kappa shape index (κ3) is 19.1. The van der Waals surface area contributed by atoms with Crippen LogP contribution in [0, 0.1) is 41.5 Å². The Hall–Kier alpha value is -10.4. The molecule has 31 heteroatoms. The van der Waals surface area contributed by atoms with Gasteiger partial charge in [0.15, 0.2) is 17.1 Å². The molecule has 2 amide bonds. The molecule has 13 N–H and O–H groups in total. The number of H-pyrrole nitrogens is 3. The zero-order chi connectivity index (χ0) is 61.8. The normalized spacial score (nSPS) is 10.6. The lowest BCUT2D eigenvalue weighted by molar-refractivity contribution is 0.0689. The fraction of sp³-hybridized carbons (Fsp3) is 0.111. The number of nitrogen functional groups attached to an aromatic ring is 2. The third-order valence-electron chi connectivity index (χ3n) is 11.4. The van der Waals surface area contributed by atoms with Crippen LogP contribution >= 0.6 is 23.2 Å². The number of aromatic carboxylic acids is 1. The van der Waals surface area contributed by atoms with Crippen molar-refractivity contribution in [2.24, 2.45) is 0 Å². The van der Waals surface area contributed by atoms with Gasteiger partial charge in [-0.25, -0.2) is 51.5 Å². The van der Waals surface area contributed by atoms with Gasteiger partial charge in [0.05, 0.1) is 75.4 Å². The van der Waals surface area contributed by atoms with E-state index in [1.54, 1.807) is 98.8 Å². The molecule has 10 rings (SSSR count). The second-order valence-electron chi connectivity index (χ2n) is 17.7. The van der Waals surface area contributed by atoms with Crippen molar-refractivity contribution >= 4 is 107 Å². The van der Waals surface area contributed by atoms with Crippen LogP contribution in [-0.2, 0) is 20.0 Å². The Morgan fingerprint density at radius 2 is 0.835 bits per heavy atom. The van der Waals surface area contributed by atoms with Gasteiger partial charge in [-0.1, -0.05) is 48.5 Å². The molecule has 0 aliphatic heterocycles. The van der Waals surface area contributed by atoms with Gasteiger partial charge < -0.3 is 32.5 Å². The minimum Gasteiger partial charge on any atom is -0.476 e. The molecule has 0 radical (unpaired) electrons. The van der Waals surface area contributed by atoms with Crippen LogP contribution in [0.15, 0.2) is 156 Å². The molecule has 0 atom stereocenters. The van der Waals surface area contributed by atoms with E-state index in [0.29, 0.717) is 56.8 Å². The molecule has 440 valence electrons. The maximum absolute atomic E-state index is 12.5. The lowest BCUT2D eigenvalue weighted by atomic mass is 10.2. The first-order valence-corrected chi connectivity index (χ1v) is 28.4. The highest BCUT2D eigenvalue weighted by atomic mass is 35.5. The van der Waals surface area contributed by atoms with E-state index in [9.17, 15) is 31.2 Å². The van der Waals surface area contributed by atoms with Crippen molar-refractivity contribution in [2.45, 2.75) is 51.3 Å². The second kappa shape index (κ2) is 29.6. The van der Waals surface area contributed by atoms with Crippen molar-refractivity contribution in [2.75, 3.05) is 36.9 Å². The fourth-order valence-electron chi connectivity index (χ4n) is 6.66. The third-order valence-corrected chi connectivity index (χ3v) is 14.6. The number of amides is 2. The number of aromatic nitrogens is 12. The lowest BCUT2D eigenvalue weighted by Crippen LogP contribution is -2.14. The summed E-state index contributed by atoms with van der Waals surface area (Å²) in [4.78, 5) is 58.1. The average Bonchev–Trinajstić information content (AvgIpc) is 4.20. The fourth-order valence-corrected chi connectivity index (χ4v) is 9.00. The number of nitrogens with one attached hydrogen (secondary N) is 8. The number of sulfonamides is 2. The Kier molecular flexibility index (Phi) is 22.2. The van der Waals surface area contributed by atoms with Gasteiger partial charge in [0.2, 0.25) is 16.5 Å². The van der Waals surface area contributed by atoms with E-state index in [0.717, 1.165) is 28.2 Å². The molecular formula is C54H55Cl2N19O8S2. The monoisotopic (exact) mass is 1230 g/mol. The van der Waals surface area contributed by atoms with Gasteiger partial charge >= 0.3 is 5.97 Å². The minimum atomic E-state index is -3.70. The zero-order valence-corrected chi connectivity index (χ0v) is 49.1. The summed E-state index contributed by atoms with van der Waals surface area (Å²) in [5.74, 6) is -1.37. The van der Waals surface area contributed by atoms with Gasteiger partial charge in [0, 0.05) is 45.1 Å². The molecule has 0 bridgehead atoms. The van der Waals surface area contributed by atoms with E-state index in [2.05, 4.69) is 85.9 Å². The summed E-state index contributed by atoms with van der Waals surface area (Å²) in [6.07, 6.45) is 8.70. The minimum absolute atomic E-state index is 0.109. The van der Waals surface area contributed by atoms with Gasteiger partial charge in [0.25, 0.3) is 31.9 Å².